The van der Waals surface area contributed by atoms with E-state index in [4.69, 9.17) is 9.15 Å². The van der Waals surface area contributed by atoms with Crippen LogP contribution in [0.15, 0.2) is 4.42 Å². The zero-order valence-corrected chi connectivity index (χ0v) is 9.06. The summed E-state index contributed by atoms with van der Waals surface area (Å²) < 4.78 is 10.9. The standard InChI is InChI=1S/C9H16N4O2/c1-7-6-13(3-4-14-7)9-12-11-8(15-9)5-10-2/h7,10H,3-6H2,1-2H3. The van der Waals surface area contributed by atoms with Crippen molar-refractivity contribution in [3.63, 3.8) is 0 Å². The average Bonchev–Trinajstić information content (AvgIpc) is 2.67. The molecule has 2 heterocycles. The quantitative estimate of drug-likeness (QED) is 0.761. The molecule has 6 heteroatoms. The first-order valence-corrected chi connectivity index (χ1v) is 5.13. The summed E-state index contributed by atoms with van der Waals surface area (Å²) in [5.74, 6) is 0.617. The summed E-state index contributed by atoms with van der Waals surface area (Å²) in [6, 6.07) is 0.593. The normalized spacial score (nSPS) is 22.0. The van der Waals surface area contributed by atoms with Gasteiger partial charge in [0.2, 0.25) is 5.89 Å². The molecule has 1 aliphatic rings. The molecule has 0 aliphatic carbocycles. The summed E-state index contributed by atoms with van der Waals surface area (Å²) in [7, 11) is 1.85. The number of ether oxygens (including phenoxy) is 1. The van der Waals surface area contributed by atoms with Crippen molar-refractivity contribution in [3.05, 3.63) is 5.89 Å². The molecule has 2 rings (SSSR count). The maximum atomic E-state index is 5.50. The van der Waals surface area contributed by atoms with Gasteiger partial charge in [-0.2, -0.15) is 0 Å². The Labute approximate surface area is 88.6 Å². The van der Waals surface area contributed by atoms with Crippen LogP contribution in [0.25, 0.3) is 0 Å². The lowest BCUT2D eigenvalue weighted by Crippen LogP contribution is -2.41. The summed E-state index contributed by atoms with van der Waals surface area (Å²) in [6.45, 7) is 4.97. The Bertz CT molecular complexity index is 315. The maximum absolute atomic E-state index is 5.50. The van der Waals surface area contributed by atoms with E-state index in [2.05, 4.69) is 20.4 Å². The van der Waals surface area contributed by atoms with Gasteiger partial charge >= 0.3 is 6.01 Å². The van der Waals surface area contributed by atoms with Crippen LogP contribution in [0.4, 0.5) is 6.01 Å². The molecular formula is C9H16N4O2. The van der Waals surface area contributed by atoms with Crippen molar-refractivity contribution in [2.45, 2.75) is 19.6 Å². The Morgan fingerprint density at radius 3 is 3.13 bits per heavy atom. The number of aromatic nitrogens is 2. The summed E-state index contributed by atoms with van der Waals surface area (Å²) in [5.41, 5.74) is 0. The number of anilines is 1. The molecule has 1 atom stereocenters. The number of hydrogen-bond donors (Lipinski definition) is 1. The molecule has 1 unspecified atom stereocenters. The lowest BCUT2D eigenvalue weighted by atomic mass is 10.3. The molecule has 0 amide bonds. The summed E-state index contributed by atoms with van der Waals surface area (Å²) in [6.07, 6.45) is 0.221. The zero-order valence-electron chi connectivity index (χ0n) is 9.06. The summed E-state index contributed by atoms with van der Waals surface area (Å²) in [4.78, 5) is 2.06. The van der Waals surface area contributed by atoms with Crippen LogP contribution in [0.3, 0.4) is 0 Å². The Hall–Kier alpha value is -1.14. The molecule has 1 aliphatic heterocycles. The predicted molar refractivity (Wildman–Crippen MR) is 54.7 cm³/mol. The molecule has 1 aromatic heterocycles. The smallest absolute Gasteiger partial charge is 0.318 e. The van der Waals surface area contributed by atoms with Gasteiger partial charge in [-0.3, -0.25) is 0 Å². The lowest BCUT2D eigenvalue weighted by molar-refractivity contribution is 0.0513. The number of nitrogens with zero attached hydrogens (tertiary/aromatic N) is 3. The highest BCUT2D eigenvalue weighted by atomic mass is 16.5. The van der Waals surface area contributed by atoms with Crippen molar-refractivity contribution in [1.82, 2.24) is 15.5 Å². The molecule has 0 aromatic carbocycles. The van der Waals surface area contributed by atoms with E-state index in [1.54, 1.807) is 0 Å². The van der Waals surface area contributed by atoms with E-state index in [1.165, 1.54) is 0 Å². The van der Waals surface area contributed by atoms with Crippen molar-refractivity contribution < 1.29 is 9.15 Å². The van der Waals surface area contributed by atoms with Gasteiger partial charge < -0.3 is 19.4 Å². The fourth-order valence-corrected chi connectivity index (χ4v) is 1.59. The average molecular weight is 212 g/mol. The largest absolute Gasteiger partial charge is 0.407 e. The summed E-state index contributed by atoms with van der Waals surface area (Å²) in [5, 5.41) is 10.9. The van der Waals surface area contributed by atoms with E-state index in [-0.39, 0.29) is 6.10 Å². The van der Waals surface area contributed by atoms with E-state index in [1.807, 2.05) is 14.0 Å². The van der Waals surface area contributed by atoms with Crippen LogP contribution >= 0.6 is 0 Å². The van der Waals surface area contributed by atoms with Crippen LogP contribution in [0.5, 0.6) is 0 Å². The van der Waals surface area contributed by atoms with Crippen molar-refractivity contribution >= 4 is 6.01 Å². The third-order valence-electron chi connectivity index (χ3n) is 2.30. The van der Waals surface area contributed by atoms with Gasteiger partial charge in [0, 0.05) is 13.1 Å². The zero-order chi connectivity index (χ0) is 10.7. The number of morpholine rings is 1. The highest BCUT2D eigenvalue weighted by molar-refractivity contribution is 5.24. The van der Waals surface area contributed by atoms with Crippen molar-refractivity contribution in [2.24, 2.45) is 0 Å². The molecule has 1 saturated heterocycles. The Kier molecular flexibility index (Phi) is 3.17. The number of hydrogen-bond acceptors (Lipinski definition) is 6. The molecule has 0 bridgehead atoms. The van der Waals surface area contributed by atoms with Gasteiger partial charge in [0.05, 0.1) is 19.3 Å². The monoisotopic (exact) mass is 212 g/mol. The fourth-order valence-electron chi connectivity index (χ4n) is 1.59. The Morgan fingerprint density at radius 1 is 1.53 bits per heavy atom. The molecular weight excluding hydrogens is 196 g/mol. The van der Waals surface area contributed by atoms with E-state index < -0.39 is 0 Å². The van der Waals surface area contributed by atoms with Crippen LogP contribution in [0.1, 0.15) is 12.8 Å². The van der Waals surface area contributed by atoms with Crippen LogP contribution in [0, 0.1) is 0 Å². The van der Waals surface area contributed by atoms with Gasteiger partial charge in [-0.25, -0.2) is 0 Å². The predicted octanol–water partition coefficient (Wildman–Crippen LogP) is 0.0141. The molecule has 1 fully saturated rings. The first-order valence-electron chi connectivity index (χ1n) is 5.13. The first-order chi connectivity index (χ1) is 7.29. The second kappa shape index (κ2) is 4.59. The van der Waals surface area contributed by atoms with Gasteiger partial charge in [0.15, 0.2) is 0 Å². The van der Waals surface area contributed by atoms with Crippen molar-refractivity contribution in [3.8, 4) is 0 Å². The minimum Gasteiger partial charge on any atom is -0.407 e. The summed E-state index contributed by atoms with van der Waals surface area (Å²) >= 11 is 0. The second-order valence-electron chi connectivity index (χ2n) is 3.64. The van der Waals surface area contributed by atoms with Gasteiger partial charge in [0.1, 0.15) is 0 Å². The molecule has 0 saturated carbocycles. The number of nitrogens with one attached hydrogen (secondary N) is 1. The van der Waals surface area contributed by atoms with E-state index in [9.17, 15) is 0 Å². The van der Waals surface area contributed by atoms with Crippen LogP contribution in [0.2, 0.25) is 0 Å². The van der Waals surface area contributed by atoms with E-state index >= 15 is 0 Å². The van der Waals surface area contributed by atoms with E-state index in [0.717, 1.165) is 13.1 Å². The third-order valence-corrected chi connectivity index (χ3v) is 2.30. The molecule has 84 valence electrons. The molecule has 1 aromatic rings. The minimum absolute atomic E-state index is 0.221. The van der Waals surface area contributed by atoms with Gasteiger partial charge in [0.25, 0.3) is 0 Å². The first kappa shape index (κ1) is 10.4. The van der Waals surface area contributed by atoms with Gasteiger partial charge in [-0.05, 0) is 14.0 Å². The van der Waals surface area contributed by atoms with Crippen LogP contribution in [-0.2, 0) is 11.3 Å². The Balaban J connectivity index is 2.01. The second-order valence-corrected chi connectivity index (χ2v) is 3.64. The lowest BCUT2D eigenvalue weighted by Gasteiger charge is -2.29. The third kappa shape index (κ3) is 2.45. The van der Waals surface area contributed by atoms with Gasteiger partial charge in [-0.15, -0.1) is 5.10 Å². The SMILES string of the molecule is CNCc1nnc(N2CCOC(C)C2)o1. The molecule has 6 nitrogen and oxygen atoms in total. The van der Waals surface area contributed by atoms with Crippen molar-refractivity contribution in [2.75, 3.05) is 31.6 Å². The molecule has 0 spiro atoms. The Morgan fingerprint density at radius 2 is 2.40 bits per heavy atom. The highest BCUT2D eigenvalue weighted by Gasteiger charge is 2.21. The van der Waals surface area contributed by atoms with Gasteiger partial charge in [-0.1, -0.05) is 5.10 Å². The van der Waals surface area contributed by atoms with E-state index in [0.29, 0.717) is 25.1 Å². The van der Waals surface area contributed by atoms with Crippen molar-refractivity contribution in [1.29, 1.82) is 0 Å². The fraction of sp³-hybridized carbons (Fsp3) is 0.778. The minimum atomic E-state index is 0.221. The molecule has 15 heavy (non-hydrogen) atoms. The van der Waals surface area contributed by atoms with Crippen LogP contribution < -0.4 is 10.2 Å². The molecule has 1 N–H and O–H groups in total. The topological polar surface area (TPSA) is 63.4 Å². The molecule has 0 radical (unpaired) electrons. The highest BCUT2D eigenvalue weighted by Crippen LogP contribution is 2.15. The number of rotatable bonds is 3. The van der Waals surface area contributed by atoms with Crippen LogP contribution in [-0.4, -0.2) is 43.0 Å². The maximum Gasteiger partial charge on any atom is 0.318 e.